The van der Waals surface area contributed by atoms with Gasteiger partial charge in [-0.25, -0.2) is 9.79 Å². The van der Waals surface area contributed by atoms with E-state index < -0.39 is 12.0 Å². The molecule has 0 amide bonds. The molecule has 7 nitrogen and oxygen atoms in total. The second-order valence-corrected chi connectivity index (χ2v) is 9.78. The van der Waals surface area contributed by atoms with E-state index in [4.69, 9.17) is 4.74 Å². The average molecular weight is 491 g/mol. The van der Waals surface area contributed by atoms with E-state index in [1.54, 1.807) is 18.4 Å². The molecular weight excluding hydrogens is 460 g/mol. The first kappa shape index (κ1) is 24.5. The molecule has 8 heteroatoms. The first-order valence-electron chi connectivity index (χ1n) is 11.5. The van der Waals surface area contributed by atoms with Gasteiger partial charge in [-0.2, -0.15) is 0 Å². The molecule has 0 aliphatic carbocycles. The topological polar surface area (TPSA) is 67.1 Å². The largest absolute Gasteiger partial charge is 0.463 e. The number of nitrogens with zero attached hydrogens (tertiary/aromatic N) is 4. The molecule has 2 heterocycles. The van der Waals surface area contributed by atoms with Crippen LogP contribution in [-0.4, -0.2) is 45.3 Å². The number of allylic oxidation sites excluding steroid dienone is 1. The Morgan fingerprint density at radius 3 is 2.14 bits per heavy atom. The van der Waals surface area contributed by atoms with E-state index in [2.05, 4.69) is 4.99 Å². The zero-order chi connectivity index (χ0) is 25.3. The molecule has 0 saturated heterocycles. The lowest BCUT2D eigenvalue weighted by Gasteiger charge is -2.25. The van der Waals surface area contributed by atoms with Gasteiger partial charge in [0.2, 0.25) is 0 Å². The lowest BCUT2D eigenvalue weighted by Crippen LogP contribution is -2.39. The van der Waals surface area contributed by atoms with Crippen LogP contribution in [0, 0.1) is 0 Å². The molecular formula is C27H30N4O3S. The molecule has 0 unspecified atom stereocenters. The third-order valence-electron chi connectivity index (χ3n) is 5.95. The van der Waals surface area contributed by atoms with Crippen molar-refractivity contribution in [3.8, 4) is 0 Å². The van der Waals surface area contributed by atoms with Gasteiger partial charge in [-0.1, -0.05) is 35.6 Å². The van der Waals surface area contributed by atoms with Gasteiger partial charge in [0.25, 0.3) is 5.56 Å². The van der Waals surface area contributed by atoms with Crippen molar-refractivity contribution in [2.75, 3.05) is 44.6 Å². The highest BCUT2D eigenvalue weighted by molar-refractivity contribution is 7.07. The van der Waals surface area contributed by atoms with Gasteiger partial charge in [0, 0.05) is 39.6 Å². The van der Waals surface area contributed by atoms with Crippen molar-refractivity contribution in [3.05, 3.63) is 90.6 Å². The maximum atomic E-state index is 13.7. The Morgan fingerprint density at radius 1 is 1.03 bits per heavy atom. The van der Waals surface area contributed by atoms with Crippen LogP contribution in [0.4, 0.5) is 11.4 Å². The third kappa shape index (κ3) is 4.79. The molecule has 0 spiro atoms. The summed E-state index contributed by atoms with van der Waals surface area (Å²) in [5, 5.41) is 0. The van der Waals surface area contributed by atoms with Crippen LogP contribution in [0.5, 0.6) is 0 Å². The maximum absolute atomic E-state index is 13.7. The molecule has 3 aromatic rings. The number of esters is 1. The summed E-state index contributed by atoms with van der Waals surface area (Å²) in [7, 11) is 7.91. The van der Waals surface area contributed by atoms with Crippen LogP contribution in [0.25, 0.3) is 6.08 Å². The van der Waals surface area contributed by atoms with Gasteiger partial charge in [-0.05, 0) is 55.3 Å². The summed E-state index contributed by atoms with van der Waals surface area (Å²) in [6, 6.07) is 15.3. The summed E-state index contributed by atoms with van der Waals surface area (Å²) in [4.78, 5) is 35.9. The van der Waals surface area contributed by atoms with Crippen molar-refractivity contribution in [2.45, 2.75) is 19.9 Å². The zero-order valence-electron chi connectivity index (χ0n) is 20.9. The summed E-state index contributed by atoms with van der Waals surface area (Å²) >= 11 is 1.33. The highest BCUT2D eigenvalue weighted by Gasteiger charge is 2.33. The number of rotatable bonds is 6. The van der Waals surface area contributed by atoms with Gasteiger partial charge in [0.05, 0.1) is 28.5 Å². The highest BCUT2D eigenvalue weighted by atomic mass is 32.1. The molecule has 2 aromatic carbocycles. The van der Waals surface area contributed by atoms with Gasteiger partial charge < -0.3 is 14.5 Å². The number of fused-ring (bicyclic) bond motifs is 1. The van der Waals surface area contributed by atoms with E-state index in [1.165, 1.54) is 11.3 Å². The SMILES string of the molecule is CCOC(=O)C1=C(C)N=c2s/c(=C\c3ccc(N(C)C)cc3)c(=O)n2[C@H]1c1ccc(N(C)C)cc1. The second kappa shape index (κ2) is 9.92. The smallest absolute Gasteiger partial charge is 0.338 e. The number of benzene rings is 2. The van der Waals surface area contributed by atoms with Crippen molar-refractivity contribution >= 4 is 34.8 Å². The molecule has 1 aliphatic rings. The molecule has 0 radical (unpaired) electrons. The fraction of sp³-hybridized carbons (Fsp3) is 0.296. The number of thiazole rings is 1. The summed E-state index contributed by atoms with van der Waals surface area (Å²) in [6.45, 7) is 3.81. The van der Waals surface area contributed by atoms with Gasteiger partial charge in [-0.3, -0.25) is 9.36 Å². The van der Waals surface area contributed by atoms with E-state index in [-0.39, 0.29) is 12.2 Å². The summed E-state index contributed by atoms with van der Waals surface area (Å²) in [5.41, 5.74) is 4.64. The Balaban J connectivity index is 1.88. The monoisotopic (exact) mass is 490 g/mol. The van der Waals surface area contributed by atoms with Gasteiger partial charge in [0.1, 0.15) is 0 Å². The molecule has 35 heavy (non-hydrogen) atoms. The normalized spacial score (nSPS) is 15.5. The van der Waals surface area contributed by atoms with Gasteiger partial charge in [-0.15, -0.1) is 0 Å². The fourth-order valence-electron chi connectivity index (χ4n) is 4.08. The zero-order valence-corrected chi connectivity index (χ0v) is 21.7. The van der Waals surface area contributed by atoms with Crippen molar-refractivity contribution < 1.29 is 9.53 Å². The summed E-state index contributed by atoms with van der Waals surface area (Å²) < 4.78 is 7.55. The lowest BCUT2D eigenvalue weighted by molar-refractivity contribution is -0.139. The Hall–Kier alpha value is -3.65. The number of hydrogen-bond acceptors (Lipinski definition) is 7. The minimum Gasteiger partial charge on any atom is -0.463 e. The van der Waals surface area contributed by atoms with Crippen LogP contribution < -0.4 is 24.7 Å². The highest BCUT2D eigenvalue weighted by Crippen LogP contribution is 2.31. The van der Waals surface area contributed by atoms with Gasteiger partial charge in [0.15, 0.2) is 4.80 Å². The summed E-state index contributed by atoms with van der Waals surface area (Å²) in [6.07, 6.45) is 1.87. The number of hydrogen-bond donors (Lipinski definition) is 0. The first-order valence-corrected chi connectivity index (χ1v) is 12.3. The molecule has 0 bridgehead atoms. The Labute approximate surface area is 208 Å². The van der Waals surface area contributed by atoms with Crippen LogP contribution in [0.15, 0.2) is 69.6 Å². The Bertz CT molecular complexity index is 1450. The standard InChI is InChI=1S/C27H30N4O3S/c1-7-34-26(33)23-17(2)28-27-31(24(23)19-10-14-21(15-11-19)30(5)6)25(32)22(35-27)16-18-8-12-20(13-9-18)29(3)4/h8-16,24H,7H2,1-6H3/b22-16-/t24-/m0/s1. The molecule has 1 aromatic heterocycles. The number of aromatic nitrogens is 1. The molecule has 182 valence electrons. The average Bonchev–Trinajstić information content (AvgIpc) is 3.13. The number of carbonyl (C=O) groups excluding carboxylic acids is 1. The van der Waals surface area contributed by atoms with E-state index in [9.17, 15) is 9.59 Å². The van der Waals surface area contributed by atoms with Crippen LogP contribution in [0.3, 0.4) is 0 Å². The molecule has 1 atom stereocenters. The molecule has 1 aliphatic heterocycles. The number of carbonyl (C=O) groups is 1. The van der Waals surface area contributed by atoms with Crippen molar-refractivity contribution in [2.24, 2.45) is 4.99 Å². The predicted molar refractivity (Wildman–Crippen MR) is 142 cm³/mol. The maximum Gasteiger partial charge on any atom is 0.338 e. The second-order valence-electron chi connectivity index (χ2n) is 8.77. The minimum atomic E-state index is -0.611. The van der Waals surface area contributed by atoms with Crippen LogP contribution in [0.2, 0.25) is 0 Å². The van der Waals surface area contributed by atoms with Crippen LogP contribution in [-0.2, 0) is 9.53 Å². The van der Waals surface area contributed by atoms with Crippen molar-refractivity contribution in [1.29, 1.82) is 0 Å². The van der Waals surface area contributed by atoms with Crippen molar-refractivity contribution in [1.82, 2.24) is 4.57 Å². The van der Waals surface area contributed by atoms with Crippen LogP contribution in [0.1, 0.15) is 31.0 Å². The van der Waals surface area contributed by atoms with Crippen molar-refractivity contribution in [3.63, 3.8) is 0 Å². The molecule has 0 N–H and O–H groups in total. The number of anilines is 2. The van der Waals surface area contributed by atoms with Crippen LogP contribution >= 0.6 is 11.3 Å². The van der Waals surface area contributed by atoms with E-state index in [1.807, 2.05) is 92.6 Å². The van der Waals surface area contributed by atoms with Gasteiger partial charge >= 0.3 is 5.97 Å². The van der Waals surface area contributed by atoms with E-state index >= 15 is 0 Å². The first-order chi connectivity index (χ1) is 16.7. The summed E-state index contributed by atoms with van der Waals surface area (Å²) in [5.74, 6) is -0.455. The minimum absolute atomic E-state index is 0.179. The fourth-order valence-corrected chi connectivity index (χ4v) is 5.13. The Kier molecular flexibility index (Phi) is 6.93. The molecule has 0 saturated carbocycles. The molecule has 4 rings (SSSR count). The lowest BCUT2D eigenvalue weighted by atomic mass is 9.95. The van der Waals surface area contributed by atoms with E-state index in [0.717, 1.165) is 22.5 Å². The quantitative estimate of drug-likeness (QED) is 0.497. The third-order valence-corrected chi connectivity index (χ3v) is 6.93. The predicted octanol–water partition coefficient (Wildman–Crippen LogP) is 2.93. The molecule has 0 fully saturated rings. The number of ether oxygens (including phenoxy) is 1. The Morgan fingerprint density at radius 2 is 1.60 bits per heavy atom. The van der Waals surface area contributed by atoms with E-state index in [0.29, 0.717) is 20.6 Å².